The summed E-state index contributed by atoms with van der Waals surface area (Å²) in [6.45, 7) is 0. The highest BCUT2D eigenvalue weighted by Crippen LogP contribution is 2.47. The number of carbonyl (C=O) groups excluding carboxylic acids is 1. The minimum absolute atomic E-state index is 0.125. The highest BCUT2D eigenvalue weighted by Gasteiger charge is 2.34. The van der Waals surface area contributed by atoms with Gasteiger partial charge in [0.05, 0.1) is 11.1 Å². The maximum Gasteiger partial charge on any atom is 0.466 e. The average molecular weight is 548 g/mol. The summed E-state index contributed by atoms with van der Waals surface area (Å²) in [6.07, 6.45) is 0. The number of rotatable bonds is 3. The number of carbonyl (C=O) groups is 1. The van der Waals surface area contributed by atoms with E-state index in [-0.39, 0.29) is 38.7 Å². The first-order chi connectivity index (χ1) is 18.2. The quantitative estimate of drug-likeness (QED) is 0.306. The summed E-state index contributed by atoms with van der Waals surface area (Å²) in [7, 11) is -10.1. The van der Waals surface area contributed by atoms with Crippen molar-refractivity contribution in [3.63, 3.8) is 0 Å². The highest BCUT2D eigenvalue weighted by atomic mass is 32.3. The molecule has 1 N–H and O–H groups in total. The van der Waals surface area contributed by atoms with Gasteiger partial charge in [0.25, 0.3) is 5.91 Å². The van der Waals surface area contributed by atoms with E-state index in [9.17, 15) is 21.6 Å². The molecule has 1 aliphatic rings. The molecule has 5 aromatic carbocycles. The number of nitrogens with one attached hydrogen (secondary N) is 1. The topological polar surface area (TPSA) is 125 Å². The summed E-state index contributed by atoms with van der Waals surface area (Å²) in [5.41, 5.74) is 2.46. The predicted octanol–water partition coefficient (Wildman–Crippen LogP) is 5.19. The fourth-order valence-electron chi connectivity index (χ4n) is 4.40. The van der Waals surface area contributed by atoms with Crippen LogP contribution < -0.4 is 13.7 Å². The van der Waals surface area contributed by atoms with E-state index in [1.165, 1.54) is 6.07 Å². The third-order valence-corrected chi connectivity index (χ3v) is 8.07. The fraction of sp³-hybridized carbons (Fsp3) is 0. The van der Waals surface area contributed by atoms with Gasteiger partial charge in [-0.1, -0.05) is 82.5 Å². The molecule has 5 aromatic rings. The van der Waals surface area contributed by atoms with Gasteiger partial charge in [0, 0.05) is 21.7 Å². The van der Waals surface area contributed by atoms with Crippen LogP contribution in [-0.2, 0) is 24.4 Å². The van der Waals surface area contributed by atoms with E-state index in [1.54, 1.807) is 48.5 Å². The van der Waals surface area contributed by atoms with Crippen molar-refractivity contribution >= 4 is 53.9 Å². The number of hydrogen-bond donors (Lipinski definition) is 1. The molecule has 190 valence electrons. The first-order valence-electron chi connectivity index (χ1n) is 11.2. The minimum atomic E-state index is -5.10. The largest absolute Gasteiger partial charge is 0.466 e. The lowest BCUT2D eigenvalue weighted by atomic mass is 9.99. The molecule has 0 unspecified atom stereocenters. The number of hydrogen-bond acceptors (Lipinski definition) is 8. The zero-order valence-electron chi connectivity index (χ0n) is 19.3. The Bertz CT molecular complexity index is 1950. The van der Waals surface area contributed by atoms with Crippen LogP contribution in [0, 0.1) is 0 Å². The van der Waals surface area contributed by atoms with Crippen LogP contribution in [-0.4, -0.2) is 22.7 Å². The van der Waals surface area contributed by atoms with Crippen LogP contribution in [0.3, 0.4) is 0 Å². The molecule has 0 atom stereocenters. The van der Waals surface area contributed by atoms with E-state index in [4.69, 9.17) is 8.37 Å². The van der Waals surface area contributed by atoms with Crippen LogP contribution in [0.25, 0.3) is 32.7 Å². The van der Waals surface area contributed by atoms with E-state index in [0.717, 1.165) is 11.1 Å². The smallest absolute Gasteiger partial charge is 0.360 e. The lowest BCUT2D eigenvalue weighted by molar-refractivity contribution is 0.102. The average Bonchev–Trinajstić information content (AvgIpc) is 2.96. The van der Waals surface area contributed by atoms with Crippen molar-refractivity contribution in [3.05, 3.63) is 103 Å². The molecule has 2 bridgehead atoms. The number of amides is 1. The molecule has 9 nitrogen and oxygen atoms in total. The van der Waals surface area contributed by atoms with Gasteiger partial charge in [-0.2, -0.15) is 16.8 Å². The van der Waals surface area contributed by atoms with Crippen molar-refractivity contribution in [2.45, 2.75) is 0 Å². The van der Waals surface area contributed by atoms with E-state index in [1.807, 2.05) is 42.5 Å². The maximum atomic E-state index is 13.2. The summed E-state index contributed by atoms with van der Waals surface area (Å²) in [6, 6.07) is 27.7. The molecular formula is C27H17NO8S2. The van der Waals surface area contributed by atoms with E-state index < -0.39 is 26.7 Å². The van der Waals surface area contributed by atoms with Crippen molar-refractivity contribution in [1.29, 1.82) is 0 Å². The summed E-state index contributed by atoms with van der Waals surface area (Å²) in [4.78, 5) is 13.2. The lowest BCUT2D eigenvalue weighted by Gasteiger charge is -2.16. The molecule has 0 aromatic heterocycles. The van der Waals surface area contributed by atoms with Gasteiger partial charge in [0.1, 0.15) is 0 Å². The Labute approximate surface area is 217 Å². The molecule has 38 heavy (non-hydrogen) atoms. The Morgan fingerprint density at radius 2 is 1.13 bits per heavy atom. The Morgan fingerprint density at radius 1 is 0.579 bits per heavy atom. The molecule has 0 saturated heterocycles. The summed E-state index contributed by atoms with van der Waals surface area (Å²) in [5.74, 6) is -0.848. The van der Waals surface area contributed by atoms with Gasteiger partial charge < -0.3 is 13.7 Å². The van der Waals surface area contributed by atoms with Crippen LogP contribution in [0.2, 0.25) is 0 Å². The molecular weight excluding hydrogens is 530 g/mol. The predicted molar refractivity (Wildman–Crippen MR) is 141 cm³/mol. The standard InChI is InChI=1S/C27H17NO8S2/c29-27(19-15-13-18(14-16-19)17-7-2-1-3-8-17)28-23-12-6-11-22-24(23)26-21-10-5-4-9-20(21)25(22)34-37(30,31)36-38(32,33)35-26/h1-16H,(H,28,29). The number of fused-ring (bicyclic) bond motifs is 3. The molecule has 0 aliphatic carbocycles. The Kier molecular flexibility index (Phi) is 5.56. The SMILES string of the molecule is O=C(Nc1cccc2c3c4ccccc4c(c12)OS(=O)(=O)OS(=O)(=O)O3)c1ccc(-c2ccccc2)cc1. The minimum Gasteiger partial charge on any atom is -0.360 e. The van der Waals surface area contributed by atoms with Crippen molar-refractivity contribution < 1.29 is 33.6 Å². The van der Waals surface area contributed by atoms with Crippen molar-refractivity contribution in [3.8, 4) is 22.6 Å². The van der Waals surface area contributed by atoms with E-state index in [2.05, 4.69) is 8.95 Å². The molecule has 0 fully saturated rings. The van der Waals surface area contributed by atoms with Gasteiger partial charge in [-0.15, -0.1) is 0 Å². The van der Waals surface area contributed by atoms with Gasteiger partial charge in [-0.05, 0) is 29.3 Å². The highest BCUT2D eigenvalue weighted by molar-refractivity contribution is 7.95. The van der Waals surface area contributed by atoms with Gasteiger partial charge in [0.15, 0.2) is 11.5 Å². The lowest BCUT2D eigenvalue weighted by Crippen LogP contribution is -2.21. The second-order valence-corrected chi connectivity index (χ2v) is 10.9. The molecule has 1 aliphatic heterocycles. The summed E-state index contributed by atoms with van der Waals surface area (Å²) < 4.78 is 64.2. The van der Waals surface area contributed by atoms with Gasteiger partial charge in [-0.3, -0.25) is 4.79 Å². The molecule has 0 radical (unpaired) electrons. The molecule has 6 rings (SSSR count). The van der Waals surface area contributed by atoms with Crippen LogP contribution in [0.4, 0.5) is 5.69 Å². The monoisotopic (exact) mass is 547 g/mol. The Morgan fingerprint density at radius 3 is 1.82 bits per heavy atom. The van der Waals surface area contributed by atoms with Crippen LogP contribution in [0.1, 0.15) is 10.4 Å². The zero-order chi connectivity index (χ0) is 26.5. The normalized spacial score (nSPS) is 15.6. The van der Waals surface area contributed by atoms with Crippen LogP contribution in [0.15, 0.2) is 97.1 Å². The molecule has 0 saturated carbocycles. The Balaban J connectivity index is 1.50. The Hall–Kier alpha value is -4.45. The fourth-order valence-corrected chi connectivity index (χ4v) is 6.20. The van der Waals surface area contributed by atoms with Gasteiger partial charge in [-0.25, -0.2) is 0 Å². The second kappa shape index (κ2) is 8.84. The van der Waals surface area contributed by atoms with Crippen molar-refractivity contribution in [1.82, 2.24) is 0 Å². The van der Waals surface area contributed by atoms with E-state index >= 15 is 0 Å². The summed E-state index contributed by atoms with van der Waals surface area (Å²) in [5, 5.41) is 3.62. The van der Waals surface area contributed by atoms with Gasteiger partial charge in [0.2, 0.25) is 0 Å². The molecule has 11 heteroatoms. The van der Waals surface area contributed by atoms with Crippen molar-refractivity contribution in [2.24, 2.45) is 0 Å². The van der Waals surface area contributed by atoms with Crippen molar-refractivity contribution in [2.75, 3.05) is 5.32 Å². The van der Waals surface area contributed by atoms with E-state index in [0.29, 0.717) is 5.56 Å². The van der Waals surface area contributed by atoms with Crippen LogP contribution in [0.5, 0.6) is 11.5 Å². The molecule has 1 heterocycles. The second-order valence-electron chi connectivity index (χ2n) is 8.38. The molecule has 0 spiro atoms. The molecule has 1 amide bonds. The third kappa shape index (κ3) is 4.32. The maximum absolute atomic E-state index is 13.2. The van der Waals surface area contributed by atoms with Gasteiger partial charge >= 0.3 is 20.8 Å². The zero-order valence-corrected chi connectivity index (χ0v) is 21.0. The summed E-state index contributed by atoms with van der Waals surface area (Å²) >= 11 is 0. The van der Waals surface area contributed by atoms with Crippen LogP contribution >= 0.6 is 0 Å². The first kappa shape index (κ1) is 23.9. The number of anilines is 1. The third-order valence-electron chi connectivity index (χ3n) is 5.99. The number of benzene rings is 5. The first-order valence-corrected chi connectivity index (χ1v) is 13.9.